The van der Waals surface area contributed by atoms with Crippen LogP contribution in [0.3, 0.4) is 0 Å². The van der Waals surface area contributed by atoms with E-state index in [0.29, 0.717) is 6.54 Å². The SMILES string of the molecule is Cn1c(=O)n(C/C=C/c2ccccc2)c2ccccc21. The first-order valence-electron chi connectivity index (χ1n) is 6.63. The van der Waals surface area contributed by atoms with Crippen molar-refractivity contribution in [3.05, 3.63) is 76.7 Å². The molecule has 1 heterocycles. The van der Waals surface area contributed by atoms with E-state index < -0.39 is 0 Å². The summed E-state index contributed by atoms with van der Waals surface area (Å²) in [6.07, 6.45) is 4.05. The molecule has 1 aromatic heterocycles. The molecule has 0 spiro atoms. The maximum Gasteiger partial charge on any atom is 0.329 e. The number of allylic oxidation sites excluding steroid dienone is 1. The third-order valence-corrected chi connectivity index (χ3v) is 3.45. The van der Waals surface area contributed by atoms with Gasteiger partial charge in [-0.25, -0.2) is 4.79 Å². The Hall–Kier alpha value is -2.55. The van der Waals surface area contributed by atoms with E-state index in [1.807, 2.05) is 73.8 Å². The normalized spacial score (nSPS) is 11.4. The fourth-order valence-corrected chi connectivity index (χ4v) is 2.40. The van der Waals surface area contributed by atoms with E-state index in [1.165, 1.54) is 0 Å². The molecule has 3 aromatic rings. The Morgan fingerprint density at radius 3 is 2.35 bits per heavy atom. The minimum absolute atomic E-state index is 0.0175. The molecule has 0 aliphatic rings. The lowest BCUT2D eigenvalue weighted by Crippen LogP contribution is -2.21. The lowest BCUT2D eigenvalue weighted by molar-refractivity contribution is 0.750. The summed E-state index contributed by atoms with van der Waals surface area (Å²) < 4.78 is 3.47. The zero-order valence-electron chi connectivity index (χ0n) is 11.4. The first kappa shape index (κ1) is 12.5. The average molecular weight is 264 g/mol. The van der Waals surface area contributed by atoms with E-state index in [2.05, 4.69) is 0 Å². The van der Waals surface area contributed by atoms with Gasteiger partial charge in [0.1, 0.15) is 0 Å². The van der Waals surface area contributed by atoms with Crippen LogP contribution in [0.2, 0.25) is 0 Å². The van der Waals surface area contributed by atoms with Crippen molar-refractivity contribution in [3.63, 3.8) is 0 Å². The van der Waals surface area contributed by atoms with Gasteiger partial charge in [0.05, 0.1) is 11.0 Å². The first-order chi connectivity index (χ1) is 9.77. The Balaban J connectivity index is 1.94. The fraction of sp³-hybridized carbons (Fsp3) is 0.118. The Labute approximate surface area is 117 Å². The van der Waals surface area contributed by atoms with Gasteiger partial charge in [-0.05, 0) is 17.7 Å². The summed E-state index contributed by atoms with van der Waals surface area (Å²) >= 11 is 0. The molecule has 0 fully saturated rings. The molecule has 3 heteroatoms. The highest BCUT2D eigenvalue weighted by molar-refractivity contribution is 5.75. The zero-order valence-corrected chi connectivity index (χ0v) is 11.4. The zero-order chi connectivity index (χ0) is 13.9. The second-order valence-corrected chi connectivity index (χ2v) is 4.75. The van der Waals surface area contributed by atoms with Gasteiger partial charge in [0.2, 0.25) is 0 Å². The van der Waals surface area contributed by atoms with Crippen molar-refractivity contribution in [3.8, 4) is 0 Å². The summed E-state index contributed by atoms with van der Waals surface area (Å²) in [5.41, 5.74) is 3.09. The highest BCUT2D eigenvalue weighted by Gasteiger charge is 2.07. The van der Waals surface area contributed by atoms with Crippen LogP contribution in [-0.4, -0.2) is 9.13 Å². The molecule has 0 radical (unpaired) electrons. The van der Waals surface area contributed by atoms with Gasteiger partial charge in [-0.15, -0.1) is 0 Å². The molecule has 20 heavy (non-hydrogen) atoms. The van der Waals surface area contributed by atoms with Crippen LogP contribution in [0.1, 0.15) is 5.56 Å². The van der Waals surface area contributed by atoms with Crippen LogP contribution >= 0.6 is 0 Å². The van der Waals surface area contributed by atoms with E-state index in [1.54, 1.807) is 9.13 Å². The van der Waals surface area contributed by atoms with Crippen LogP contribution in [0, 0.1) is 0 Å². The van der Waals surface area contributed by atoms with E-state index in [9.17, 15) is 4.79 Å². The molecule has 0 N–H and O–H groups in total. The Bertz CT molecular complexity index is 810. The van der Waals surface area contributed by atoms with Gasteiger partial charge >= 0.3 is 5.69 Å². The van der Waals surface area contributed by atoms with Crippen LogP contribution in [0.4, 0.5) is 0 Å². The summed E-state index contributed by atoms with van der Waals surface area (Å²) in [6, 6.07) is 17.9. The molecule has 0 saturated carbocycles. The van der Waals surface area contributed by atoms with Crippen LogP contribution in [0.15, 0.2) is 65.5 Å². The monoisotopic (exact) mass is 264 g/mol. The summed E-state index contributed by atoms with van der Waals surface area (Å²) in [4.78, 5) is 12.2. The number of hydrogen-bond donors (Lipinski definition) is 0. The molecule has 0 amide bonds. The highest BCUT2D eigenvalue weighted by atomic mass is 16.1. The lowest BCUT2D eigenvalue weighted by atomic mass is 10.2. The molecule has 0 aliphatic carbocycles. The van der Waals surface area contributed by atoms with E-state index in [-0.39, 0.29) is 5.69 Å². The summed E-state index contributed by atoms with van der Waals surface area (Å²) in [5, 5.41) is 0. The average Bonchev–Trinajstić information content (AvgIpc) is 2.74. The lowest BCUT2D eigenvalue weighted by Gasteiger charge is -1.98. The van der Waals surface area contributed by atoms with E-state index >= 15 is 0 Å². The largest absolute Gasteiger partial charge is 0.329 e. The van der Waals surface area contributed by atoms with E-state index in [4.69, 9.17) is 0 Å². The summed E-state index contributed by atoms with van der Waals surface area (Å²) in [7, 11) is 1.81. The number of aryl methyl sites for hydroxylation is 1. The van der Waals surface area contributed by atoms with Crippen LogP contribution in [-0.2, 0) is 13.6 Å². The number of benzene rings is 2. The maximum absolute atomic E-state index is 12.2. The van der Waals surface area contributed by atoms with Crippen LogP contribution in [0.5, 0.6) is 0 Å². The molecule has 3 nitrogen and oxygen atoms in total. The van der Waals surface area contributed by atoms with Crippen molar-refractivity contribution in [1.29, 1.82) is 0 Å². The van der Waals surface area contributed by atoms with Gasteiger partial charge in [-0.1, -0.05) is 54.6 Å². The van der Waals surface area contributed by atoms with Crippen molar-refractivity contribution in [2.75, 3.05) is 0 Å². The molecule has 0 unspecified atom stereocenters. The second-order valence-electron chi connectivity index (χ2n) is 4.75. The van der Waals surface area contributed by atoms with Crippen LogP contribution < -0.4 is 5.69 Å². The Morgan fingerprint density at radius 2 is 1.60 bits per heavy atom. The number of imidazole rings is 1. The maximum atomic E-state index is 12.2. The minimum atomic E-state index is 0.0175. The number of para-hydroxylation sites is 2. The van der Waals surface area contributed by atoms with Crippen molar-refractivity contribution < 1.29 is 0 Å². The topological polar surface area (TPSA) is 26.9 Å². The van der Waals surface area contributed by atoms with Crippen molar-refractivity contribution >= 4 is 17.1 Å². The van der Waals surface area contributed by atoms with Gasteiger partial charge in [-0.3, -0.25) is 9.13 Å². The summed E-state index contributed by atoms with van der Waals surface area (Å²) in [6.45, 7) is 0.578. The predicted octanol–water partition coefficient (Wildman–Crippen LogP) is 3.05. The molecule has 2 aromatic carbocycles. The second kappa shape index (κ2) is 5.21. The molecule has 100 valence electrons. The standard InChI is InChI=1S/C17H16N2O/c1-18-15-11-5-6-12-16(15)19(17(18)20)13-7-10-14-8-3-2-4-9-14/h2-12H,13H2,1H3/b10-7+. The van der Waals surface area contributed by atoms with Gasteiger partial charge in [0.25, 0.3) is 0 Å². The van der Waals surface area contributed by atoms with E-state index in [0.717, 1.165) is 16.6 Å². The van der Waals surface area contributed by atoms with Crippen molar-refractivity contribution in [1.82, 2.24) is 9.13 Å². The number of hydrogen-bond acceptors (Lipinski definition) is 1. The molecule has 0 aliphatic heterocycles. The molecular weight excluding hydrogens is 248 g/mol. The van der Waals surface area contributed by atoms with Crippen molar-refractivity contribution in [2.45, 2.75) is 6.54 Å². The Morgan fingerprint density at radius 1 is 0.950 bits per heavy atom. The fourth-order valence-electron chi connectivity index (χ4n) is 2.40. The van der Waals surface area contributed by atoms with Gasteiger partial charge in [-0.2, -0.15) is 0 Å². The quantitative estimate of drug-likeness (QED) is 0.714. The van der Waals surface area contributed by atoms with Gasteiger partial charge < -0.3 is 0 Å². The van der Waals surface area contributed by atoms with Gasteiger partial charge in [0, 0.05) is 13.6 Å². The summed E-state index contributed by atoms with van der Waals surface area (Å²) in [5.74, 6) is 0. The number of aromatic nitrogens is 2. The molecular formula is C17H16N2O. The Kier molecular flexibility index (Phi) is 3.25. The highest BCUT2D eigenvalue weighted by Crippen LogP contribution is 2.11. The molecule has 0 bridgehead atoms. The molecule has 3 rings (SSSR count). The predicted molar refractivity (Wildman–Crippen MR) is 82.7 cm³/mol. The molecule has 0 saturated heterocycles. The number of nitrogens with zero attached hydrogens (tertiary/aromatic N) is 2. The third kappa shape index (κ3) is 2.18. The minimum Gasteiger partial charge on any atom is -0.295 e. The van der Waals surface area contributed by atoms with Gasteiger partial charge in [0.15, 0.2) is 0 Å². The smallest absolute Gasteiger partial charge is 0.295 e. The number of fused-ring (bicyclic) bond motifs is 1. The number of rotatable bonds is 3. The third-order valence-electron chi connectivity index (χ3n) is 3.45. The molecule has 0 atom stereocenters. The first-order valence-corrected chi connectivity index (χ1v) is 6.63. The van der Waals surface area contributed by atoms with Crippen LogP contribution in [0.25, 0.3) is 17.1 Å². The van der Waals surface area contributed by atoms with Crippen molar-refractivity contribution in [2.24, 2.45) is 7.05 Å².